The van der Waals surface area contributed by atoms with E-state index in [0.29, 0.717) is 11.7 Å². The number of benzene rings is 1. The van der Waals surface area contributed by atoms with E-state index < -0.39 is 0 Å². The summed E-state index contributed by atoms with van der Waals surface area (Å²) in [5, 5.41) is 3.72. The summed E-state index contributed by atoms with van der Waals surface area (Å²) in [6, 6.07) is 9.86. The highest BCUT2D eigenvalue weighted by Crippen LogP contribution is 2.15. The van der Waals surface area contributed by atoms with Gasteiger partial charge in [0.15, 0.2) is 0 Å². The maximum absolute atomic E-state index is 5.94. The first-order valence-electron chi connectivity index (χ1n) is 5.69. The van der Waals surface area contributed by atoms with Crippen LogP contribution in [0.15, 0.2) is 34.8 Å². The summed E-state index contributed by atoms with van der Waals surface area (Å²) in [5.74, 6) is 1.51. The van der Waals surface area contributed by atoms with Gasteiger partial charge in [-0.3, -0.25) is 0 Å². The predicted octanol–water partition coefficient (Wildman–Crippen LogP) is 4.07. The second-order valence-corrected chi connectivity index (χ2v) is 5.13. The van der Waals surface area contributed by atoms with Crippen molar-refractivity contribution in [3.8, 4) is 0 Å². The van der Waals surface area contributed by atoms with Crippen LogP contribution in [0.1, 0.15) is 18.3 Å². The van der Waals surface area contributed by atoms with Crippen LogP contribution in [0.25, 0.3) is 0 Å². The number of rotatable bonds is 4. The fourth-order valence-corrected chi connectivity index (χ4v) is 2.20. The molecular weight excluding hydrogens is 314 g/mol. The highest BCUT2D eigenvalue weighted by atomic mass is 79.9. The van der Waals surface area contributed by atoms with Crippen LogP contribution in [0.3, 0.4) is 0 Å². The van der Waals surface area contributed by atoms with E-state index in [2.05, 4.69) is 43.3 Å². The Morgan fingerprint density at radius 2 is 2.11 bits per heavy atom. The Bertz CT molecular complexity index is 546. The third kappa shape index (κ3) is 3.68. The molecule has 2 aromatic rings. The van der Waals surface area contributed by atoms with Crippen LogP contribution in [0, 0.1) is 0 Å². The molecule has 0 spiro atoms. The molecule has 0 aliphatic rings. The molecule has 1 heterocycles. The third-order valence-electron chi connectivity index (χ3n) is 2.42. The lowest BCUT2D eigenvalue weighted by Crippen LogP contribution is -2.04. The molecule has 3 nitrogen and oxygen atoms in total. The molecule has 0 saturated heterocycles. The summed E-state index contributed by atoms with van der Waals surface area (Å²) in [5.41, 5.74) is 1.18. The number of nitrogens with one attached hydrogen (secondary N) is 1. The van der Waals surface area contributed by atoms with Crippen molar-refractivity contribution in [1.82, 2.24) is 9.97 Å². The predicted molar refractivity (Wildman–Crippen MR) is 77.9 cm³/mol. The zero-order valence-corrected chi connectivity index (χ0v) is 12.3. The Labute approximate surface area is 120 Å². The monoisotopic (exact) mass is 325 g/mol. The number of anilines is 1. The van der Waals surface area contributed by atoms with Gasteiger partial charge in [-0.1, -0.05) is 46.6 Å². The van der Waals surface area contributed by atoms with Crippen molar-refractivity contribution in [2.75, 3.05) is 5.32 Å². The lowest BCUT2D eigenvalue weighted by Gasteiger charge is -2.07. The lowest BCUT2D eigenvalue weighted by atomic mass is 10.2. The minimum atomic E-state index is 0.471. The van der Waals surface area contributed by atoms with Crippen LogP contribution in [0.2, 0.25) is 5.15 Å². The number of hydrogen-bond acceptors (Lipinski definition) is 3. The fourth-order valence-electron chi connectivity index (χ4n) is 1.55. The Morgan fingerprint density at radius 3 is 2.83 bits per heavy atom. The zero-order chi connectivity index (χ0) is 13.0. The molecule has 0 fully saturated rings. The second-order valence-electron chi connectivity index (χ2n) is 3.83. The van der Waals surface area contributed by atoms with Crippen LogP contribution < -0.4 is 5.32 Å². The molecule has 1 aromatic heterocycles. The van der Waals surface area contributed by atoms with Gasteiger partial charge in [-0.2, -0.15) is 0 Å². The average Bonchev–Trinajstić information content (AvgIpc) is 2.36. The molecule has 0 aliphatic carbocycles. The van der Waals surface area contributed by atoms with Gasteiger partial charge in [0.25, 0.3) is 0 Å². The number of hydrogen-bond donors (Lipinski definition) is 1. The lowest BCUT2D eigenvalue weighted by molar-refractivity contribution is 0.933. The molecule has 0 unspecified atom stereocenters. The first-order valence-corrected chi connectivity index (χ1v) is 6.86. The van der Waals surface area contributed by atoms with Gasteiger partial charge in [0.1, 0.15) is 16.8 Å². The van der Waals surface area contributed by atoms with Gasteiger partial charge in [-0.05, 0) is 17.7 Å². The van der Waals surface area contributed by atoms with Crippen molar-refractivity contribution in [2.45, 2.75) is 19.9 Å². The maximum atomic E-state index is 5.94. The van der Waals surface area contributed by atoms with Crippen molar-refractivity contribution in [2.24, 2.45) is 0 Å². The van der Waals surface area contributed by atoms with Gasteiger partial charge in [0, 0.05) is 23.5 Å². The summed E-state index contributed by atoms with van der Waals surface area (Å²) >= 11 is 9.39. The SMILES string of the molecule is CCc1nc(Cl)cc(NCc2cccc(Br)c2)n1. The van der Waals surface area contributed by atoms with Gasteiger partial charge in [0.2, 0.25) is 0 Å². The van der Waals surface area contributed by atoms with Crippen molar-refractivity contribution in [3.05, 3.63) is 51.3 Å². The van der Waals surface area contributed by atoms with E-state index >= 15 is 0 Å². The molecule has 0 saturated carbocycles. The maximum Gasteiger partial charge on any atom is 0.134 e. The fraction of sp³-hybridized carbons (Fsp3) is 0.231. The standard InChI is InChI=1S/C13H13BrClN3/c1-2-12-17-11(15)7-13(18-12)16-8-9-4-3-5-10(14)6-9/h3-7H,2,8H2,1H3,(H,16,17,18). The summed E-state index contributed by atoms with van der Waals surface area (Å²) < 4.78 is 1.07. The van der Waals surface area contributed by atoms with Crippen molar-refractivity contribution < 1.29 is 0 Å². The molecule has 1 N–H and O–H groups in total. The van der Waals surface area contributed by atoms with E-state index in [1.54, 1.807) is 6.07 Å². The van der Waals surface area contributed by atoms with E-state index in [-0.39, 0.29) is 0 Å². The van der Waals surface area contributed by atoms with E-state index in [1.165, 1.54) is 5.56 Å². The van der Waals surface area contributed by atoms with Crippen molar-refractivity contribution in [3.63, 3.8) is 0 Å². The first-order chi connectivity index (χ1) is 8.67. The number of halogens is 2. The molecule has 0 bridgehead atoms. The zero-order valence-electron chi connectivity index (χ0n) is 9.95. The van der Waals surface area contributed by atoms with Crippen LogP contribution in [-0.2, 0) is 13.0 Å². The van der Waals surface area contributed by atoms with Crippen LogP contribution in [0.4, 0.5) is 5.82 Å². The Hall–Kier alpha value is -1.13. The largest absolute Gasteiger partial charge is 0.366 e. The normalized spacial score (nSPS) is 10.4. The Balaban J connectivity index is 2.08. The van der Waals surface area contributed by atoms with Gasteiger partial charge in [-0.15, -0.1) is 0 Å². The second kappa shape index (κ2) is 6.16. The summed E-state index contributed by atoms with van der Waals surface area (Å²) in [6.45, 7) is 2.71. The molecule has 0 aliphatic heterocycles. The molecule has 18 heavy (non-hydrogen) atoms. The Morgan fingerprint density at radius 1 is 1.28 bits per heavy atom. The van der Waals surface area contributed by atoms with Crippen molar-refractivity contribution in [1.29, 1.82) is 0 Å². The highest BCUT2D eigenvalue weighted by Gasteiger charge is 2.02. The van der Waals surface area contributed by atoms with E-state index in [9.17, 15) is 0 Å². The van der Waals surface area contributed by atoms with Gasteiger partial charge in [-0.25, -0.2) is 9.97 Å². The van der Waals surface area contributed by atoms with Crippen LogP contribution >= 0.6 is 27.5 Å². The molecule has 94 valence electrons. The van der Waals surface area contributed by atoms with Crippen molar-refractivity contribution >= 4 is 33.3 Å². The average molecular weight is 327 g/mol. The molecule has 5 heteroatoms. The van der Waals surface area contributed by atoms with E-state index in [0.717, 1.165) is 22.5 Å². The smallest absolute Gasteiger partial charge is 0.134 e. The highest BCUT2D eigenvalue weighted by molar-refractivity contribution is 9.10. The van der Waals surface area contributed by atoms with Gasteiger partial charge in [0.05, 0.1) is 0 Å². The third-order valence-corrected chi connectivity index (χ3v) is 3.11. The Kier molecular flexibility index (Phi) is 4.55. The summed E-state index contributed by atoms with van der Waals surface area (Å²) in [4.78, 5) is 8.50. The van der Waals surface area contributed by atoms with Crippen LogP contribution in [-0.4, -0.2) is 9.97 Å². The topological polar surface area (TPSA) is 37.8 Å². The molecule has 0 atom stereocenters. The number of aryl methyl sites for hydroxylation is 1. The summed E-state index contributed by atoms with van der Waals surface area (Å²) in [7, 11) is 0. The molecule has 0 amide bonds. The van der Waals surface area contributed by atoms with E-state index in [1.807, 2.05) is 19.1 Å². The molecule has 0 radical (unpaired) electrons. The minimum absolute atomic E-state index is 0.471. The first kappa shape index (κ1) is 13.3. The van der Waals surface area contributed by atoms with Gasteiger partial charge < -0.3 is 5.32 Å². The number of nitrogens with zero attached hydrogens (tertiary/aromatic N) is 2. The molecule has 1 aromatic carbocycles. The molecule has 2 rings (SSSR count). The quantitative estimate of drug-likeness (QED) is 0.861. The minimum Gasteiger partial charge on any atom is -0.366 e. The van der Waals surface area contributed by atoms with E-state index in [4.69, 9.17) is 11.6 Å². The van der Waals surface area contributed by atoms with Crippen LogP contribution in [0.5, 0.6) is 0 Å². The summed E-state index contributed by atoms with van der Waals surface area (Å²) in [6.07, 6.45) is 0.770. The molecular formula is C13H13BrClN3. The number of aromatic nitrogens is 2. The van der Waals surface area contributed by atoms with Gasteiger partial charge >= 0.3 is 0 Å².